The zero-order chi connectivity index (χ0) is 23.8. The second kappa shape index (κ2) is 11.6. The van der Waals surface area contributed by atoms with Crippen molar-refractivity contribution in [3.05, 3.63) is 66.7 Å². The predicted octanol–water partition coefficient (Wildman–Crippen LogP) is 3.55. The summed E-state index contributed by atoms with van der Waals surface area (Å²) in [6, 6.07) is 12.7. The highest BCUT2D eigenvalue weighted by atomic mass is 32.2. The highest BCUT2D eigenvalue weighted by molar-refractivity contribution is 7.89. The van der Waals surface area contributed by atoms with Crippen molar-refractivity contribution in [2.45, 2.75) is 17.6 Å². The van der Waals surface area contributed by atoms with Gasteiger partial charge < -0.3 is 14.2 Å². The Hall–Kier alpha value is -2.53. The number of halogens is 2. The molecule has 0 aliphatic carbocycles. The highest BCUT2D eigenvalue weighted by Gasteiger charge is 2.29. The molecule has 1 saturated heterocycles. The number of methoxy groups -OCH3 is 1. The van der Waals surface area contributed by atoms with Crippen LogP contribution >= 0.6 is 0 Å². The summed E-state index contributed by atoms with van der Waals surface area (Å²) in [5, 5.41) is 0. The van der Waals surface area contributed by atoms with Gasteiger partial charge in [-0.15, -0.1) is 6.58 Å². The van der Waals surface area contributed by atoms with Crippen molar-refractivity contribution in [1.29, 1.82) is 0 Å². The summed E-state index contributed by atoms with van der Waals surface area (Å²) in [4.78, 5) is 2.19. The third-order valence-corrected chi connectivity index (χ3v) is 7.24. The van der Waals surface area contributed by atoms with E-state index in [0.29, 0.717) is 39.3 Å². The summed E-state index contributed by atoms with van der Waals surface area (Å²) in [7, 11) is -2.12. The molecule has 33 heavy (non-hydrogen) atoms. The highest BCUT2D eigenvalue weighted by Crippen LogP contribution is 2.25. The Morgan fingerprint density at radius 1 is 1.06 bits per heavy atom. The lowest BCUT2D eigenvalue weighted by Crippen LogP contribution is -2.49. The first kappa shape index (κ1) is 25.1. The molecule has 2 aromatic carbocycles. The van der Waals surface area contributed by atoms with E-state index in [4.69, 9.17) is 9.47 Å². The van der Waals surface area contributed by atoms with Crippen molar-refractivity contribution >= 4 is 10.0 Å². The van der Waals surface area contributed by atoms with E-state index >= 15 is 0 Å². The average Bonchev–Trinajstić information content (AvgIpc) is 2.82. The van der Waals surface area contributed by atoms with Gasteiger partial charge in [-0.2, -0.15) is 13.1 Å². The van der Waals surface area contributed by atoms with Crippen LogP contribution in [0.3, 0.4) is 0 Å². The van der Waals surface area contributed by atoms with Crippen LogP contribution < -0.4 is 9.47 Å². The van der Waals surface area contributed by atoms with Gasteiger partial charge in [0.05, 0.1) is 24.7 Å². The Morgan fingerprint density at radius 3 is 2.36 bits per heavy atom. The topological polar surface area (TPSA) is 68.3 Å². The SMILES string of the molecule is C=CCOC(CN1CCN(S(=O)(=O)c2ccc(OC(F)F)cc2)CC1)c1cccc(OC)c1. The van der Waals surface area contributed by atoms with E-state index in [1.807, 2.05) is 24.3 Å². The van der Waals surface area contributed by atoms with Gasteiger partial charge in [0.15, 0.2) is 0 Å². The number of piperazine rings is 1. The molecule has 1 aliphatic heterocycles. The fraction of sp³-hybridized carbons (Fsp3) is 0.391. The predicted molar refractivity (Wildman–Crippen MR) is 120 cm³/mol. The number of hydrogen-bond acceptors (Lipinski definition) is 6. The first-order chi connectivity index (χ1) is 15.8. The molecule has 0 aromatic heterocycles. The van der Waals surface area contributed by atoms with E-state index in [1.54, 1.807) is 13.2 Å². The lowest BCUT2D eigenvalue weighted by atomic mass is 10.1. The van der Waals surface area contributed by atoms with Crippen LogP contribution in [-0.2, 0) is 14.8 Å². The zero-order valence-electron chi connectivity index (χ0n) is 18.4. The molecule has 180 valence electrons. The Bertz CT molecular complexity index is 1010. The van der Waals surface area contributed by atoms with Gasteiger partial charge in [-0.25, -0.2) is 8.42 Å². The van der Waals surface area contributed by atoms with Crippen molar-refractivity contribution in [2.24, 2.45) is 0 Å². The number of alkyl halides is 2. The number of rotatable bonds is 11. The summed E-state index contributed by atoms with van der Waals surface area (Å²) in [5.41, 5.74) is 0.970. The molecule has 0 amide bonds. The maximum Gasteiger partial charge on any atom is 0.387 e. The van der Waals surface area contributed by atoms with Crippen LogP contribution in [0.4, 0.5) is 8.78 Å². The summed E-state index contributed by atoms with van der Waals surface area (Å²) >= 11 is 0. The third kappa shape index (κ3) is 6.73. The Morgan fingerprint density at radius 2 is 1.76 bits per heavy atom. The van der Waals surface area contributed by atoms with Crippen molar-refractivity contribution < 1.29 is 31.4 Å². The Kier molecular flexibility index (Phi) is 8.79. The van der Waals surface area contributed by atoms with Crippen molar-refractivity contribution in [1.82, 2.24) is 9.21 Å². The molecule has 2 aromatic rings. The average molecular weight is 483 g/mol. The van der Waals surface area contributed by atoms with E-state index in [2.05, 4.69) is 16.2 Å². The van der Waals surface area contributed by atoms with Gasteiger partial charge in [-0.1, -0.05) is 18.2 Å². The molecule has 0 spiro atoms. The zero-order valence-corrected chi connectivity index (χ0v) is 19.2. The lowest BCUT2D eigenvalue weighted by Gasteiger charge is -2.35. The molecule has 0 bridgehead atoms. The summed E-state index contributed by atoms with van der Waals surface area (Å²) in [6.45, 7) is 3.41. The smallest absolute Gasteiger partial charge is 0.387 e. The van der Waals surface area contributed by atoms with Gasteiger partial charge in [0.2, 0.25) is 10.0 Å². The Balaban J connectivity index is 1.63. The quantitative estimate of drug-likeness (QED) is 0.457. The van der Waals surface area contributed by atoms with Gasteiger partial charge in [0.25, 0.3) is 0 Å². The van der Waals surface area contributed by atoms with Gasteiger partial charge >= 0.3 is 6.61 Å². The standard InChI is InChI=1S/C23H28F2N2O5S/c1-3-15-31-22(18-5-4-6-20(16-18)30-2)17-26-11-13-27(14-12-26)33(28,29)21-9-7-19(8-10-21)32-23(24)25/h3-10,16,22-23H,1,11-15,17H2,2H3. The second-order valence-corrected chi connectivity index (χ2v) is 9.38. The fourth-order valence-electron chi connectivity index (χ4n) is 3.61. The van der Waals surface area contributed by atoms with Crippen molar-refractivity contribution in [3.63, 3.8) is 0 Å². The van der Waals surface area contributed by atoms with Crippen LogP contribution in [0.1, 0.15) is 11.7 Å². The number of nitrogens with zero attached hydrogens (tertiary/aromatic N) is 2. The molecule has 1 unspecified atom stereocenters. The monoisotopic (exact) mass is 482 g/mol. The molecule has 0 N–H and O–H groups in total. The van der Waals surface area contributed by atoms with E-state index in [1.165, 1.54) is 28.6 Å². The molecule has 1 aliphatic rings. The first-order valence-electron chi connectivity index (χ1n) is 10.5. The van der Waals surface area contributed by atoms with E-state index in [0.717, 1.165) is 11.3 Å². The summed E-state index contributed by atoms with van der Waals surface area (Å²) < 4.78 is 67.5. The molecule has 7 nitrogen and oxygen atoms in total. The molecule has 0 saturated carbocycles. The van der Waals surface area contributed by atoms with Gasteiger partial charge in [0, 0.05) is 32.7 Å². The molecule has 1 atom stereocenters. The molecular formula is C23H28F2N2O5S. The van der Waals surface area contributed by atoms with Crippen LogP contribution in [-0.4, -0.2) is 70.7 Å². The van der Waals surface area contributed by atoms with Gasteiger partial charge in [-0.3, -0.25) is 4.90 Å². The van der Waals surface area contributed by atoms with Crippen molar-refractivity contribution in [2.75, 3.05) is 46.4 Å². The Labute approximate surface area is 193 Å². The maximum absolute atomic E-state index is 13.0. The van der Waals surface area contributed by atoms with Crippen LogP contribution in [0, 0.1) is 0 Å². The van der Waals surface area contributed by atoms with Crippen molar-refractivity contribution in [3.8, 4) is 11.5 Å². The van der Waals surface area contributed by atoms with Crippen LogP contribution in [0.15, 0.2) is 66.1 Å². The maximum atomic E-state index is 13.0. The van der Waals surface area contributed by atoms with Gasteiger partial charge in [-0.05, 0) is 42.0 Å². The summed E-state index contributed by atoms with van der Waals surface area (Å²) in [6.07, 6.45) is 1.47. The molecular weight excluding hydrogens is 454 g/mol. The van der Waals surface area contributed by atoms with Gasteiger partial charge in [0.1, 0.15) is 11.5 Å². The van der Waals surface area contributed by atoms with Crippen LogP contribution in [0.25, 0.3) is 0 Å². The third-order valence-electron chi connectivity index (χ3n) is 5.32. The van der Waals surface area contributed by atoms with Crippen LogP contribution in [0.5, 0.6) is 11.5 Å². The molecule has 1 fully saturated rings. The molecule has 10 heteroatoms. The largest absolute Gasteiger partial charge is 0.497 e. The van der Waals surface area contributed by atoms with E-state index < -0.39 is 16.6 Å². The second-order valence-electron chi connectivity index (χ2n) is 7.44. The fourth-order valence-corrected chi connectivity index (χ4v) is 5.03. The number of benzene rings is 2. The number of ether oxygens (including phenoxy) is 3. The minimum absolute atomic E-state index is 0.0427. The van der Waals surface area contributed by atoms with E-state index in [-0.39, 0.29) is 16.7 Å². The first-order valence-corrected chi connectivity index (χ1v) is 11.9. The molecule has 3 rings (SSSR count). The van der Waals surface area contributed by atoms with Crippen LogP contribution in [0.2, 0.25) is 0 Å². The lowest BCUT2D eigenvalue weighted by molar-refractivity contribution is -0.0498. The number of hydrogen-bond donors (Lipinski definition) is 0. The molecule has 1 heterocycles. The van der Waals surface area contributed by atoms with E-state index in [9.17, 15) is 17.2 Å². The normalized spacial score (nSPS) is 16.5. The minimum Gasteiger partial charge on any atom is -0.497 e. The number of sulfonamides is 1. The minimum atomic E-state index is -3.73. The molecule has 0 radical (unpaired) electrons. The summed E-state index contributed by atoms with van der Waals surface area (Å²) in [5.74, 6) is 0.650.